The van der Waals surface area contributed by atoms with Crippen molar-refractivity contribution in [2.45, 2.75) is 6.92 Å². The summed E-state index contributed by atoms with van der Waals surface area (Å²) in [6, 6.07) is 10.5. The van der Waals surface area contributed by atoms with Gasteiger partial charge in [0.2, 0.25) is 0 Å². The first-order valence-corrected chi connectivity index (χ1v) is 8.56. The standard InChI is InChI=1S/C20H20N2O7/c1-3-4-14-5-10-17(18(11-14)27-2)28-13-20(24)29-12-19(23)21-15-6-8-16(9-7-15)22(25)26/h3-11H,12-13H2,1-2H3,(H,21,23)/b4-3+. The monoisotopic (exact) mass is 400 g/mol. The Morgan fingerprint density at radius 3 is 2.45 bits per heavy atom. The maximum atomic E-state index is 11.8. The number of anilines is 1. The quantitative estimate of drug-likeness (QED) is 0.390. The van der Waals surface area contributed by atoms with Gasteiger partial charge < -0.3 is 19.5 Å². The van der Waals surface area contributed by atoms with Gasteiger partial charge in [-0.2, -0.15) is 0 Å². The minimum absolute atomic E-state index is 0.0965. The van der Waals surface area contributed by atoms with Crippen molar-refractivity contribution in [3.8, 4) is 11.5 Å². The maximum Gasteiger partial charge on any atom is 0.344 e. The van der Waals surface area contributed by atoms with E-state index in [1.54, 1.807) is 18.2 Å². The van der Waals surface area contributed by atoms with Gasteiger partial charge in [-0.3, -0.25) is 14.9 Å². The third kappa shape index (κ3) is 6.65. The summed E-state index contributed by atoms with van der Waals surface area (Å²) < 4.78 is 15.5. The summed E-state index contributed by atoms with van der Waals surface area (Å²) in [5.74, 6) is -0.485. The van der Waals surface area contributed by atoms with Gasteiger partial charge in [-0.05, 0) is 36.8 Å². The molecule has 1 amide bonds. The van der Waals surface area contributed by atoms with E-state index in [-0.39, 0.29) is 5.69 Å². The summed E-state index contributed by atoms with van der Waals surface area (Å²) in [6.45, 7) is 0.978. The van der Waals surface area contributed by atoms with Crippen molar-refractivity contribution in [3.63, 3.8) is 0 Å². The first-order valence-electron chi connectivity index (χ1n) is 8.56. The molecule has 1 N–H and O–H groups in total. The second-order valence-electron chi connectivity index (χ2n) is 5.71. The highest BCUT2D eigenvalue weighted by atomic mass is 16.6. The van der Waals surface area contributed by atoms with E-state index in [4.69, 9.17) is 14.2 Å². The molecule has 0 aliphatic heterocycles. The number of non-ortho nitro benzene ring substituents is 1. The number of hydrogen-bond acceptors (Lipinski definition) is 7. The van der Waals surface area contributed by atoms with E-state index in [1.165, 1.54) is 31.4 Å². The average molecular weight is 400 g/mol. The second-order valence-corrected chi connectivity index (χ2v) is 5.71. The van der Waals surface area contributed by atoms with Crippen molar-refractivity contribution in [3.05, 3.63) is 64.2 Å². The molecule has 2 aromatic rings. The maximum absolute atomic E-state index is 11.8. The number of hydrogen-bond donors (Lipinski definition) is 1. The zero-order valence-corrected chi connectivity index (χ0v) is 15.9. The number of ether oxygens (including phenoxy) is 3. The Hall–Kier alpha value is -3.88. The molecule has 29 heavy (non-hydrogen) atoms. The first-order chi connectivity index (χ1) is 13.9. The normalized spacial score (nSPS) is 10.4. The Morgan fingerprint density at radius 1 is 1.10 bits per heavy atom. The van der Waals surface area contributed by atoms with Gasteiger partial charge in [0.25, 0.3) is 11.6 Å². The fourth-order valence-electron chi connectivity index (χ4n) is 2.29. The van der Waals surface area contributed by atoms with Crippen LogP contribution in [0.25, 0.3) is 6.08 Å². The first kappa shape index (κ1) is 21.4. The number of nitro benzene ring substituents is 1. The summed E-state index contributed by atoms with van der Waals surface area (Å²) in [5, 5.41) is 13.1. The van der Waals surface area contributed by atoms with Crippen LogP contribution in [0.5, 0.6) is 11.5 Å². The van der Waals surface area contributed by atoms with Gasteiger partial charge in [0, 0.05) is 17.8 Å². The summed E-state index contributed by atoms with van der Waals surface area (Å²) >= 11 is 0. The molecule has 0 spiro atoms. The number of carbonyl (C=O) groups is 2. The molecule has 0 aliphatic rings. The van der Waals surface area contributed by atoms with Crippen LogP contribution in [0.2, 0.25) is 0 Å². The Kier molecular flexibility index (Phi) is 7.72. The number of nitro groups is 1. The number of carbonyl (C=O) groups excluding carboxylic acids is 2. The molecule has 0 atom stereocenters. The molecular weight excluding hydrogens is 380 g/mol. The SMILES string of the molecule is C/C=C/c1ccc(OCC(=O)OCC(=O)Nc2ccc([N+](=O)[O-])cc2)c(OC)c1. The molecule has 0 aliphatic carbocycles. The van der Waals surface area contributed by atoms with Crippen molar-refractivity contribution in [2.24, 2.45) is 0 Å². The number of methoxy groups -OCH3 is 1. The number of nitrogens with one attached hydrogen (secondary N) is 1. The molecule has 0 fully saturated rings. The lowest BCUT2D eigenvalue weighted by molar-refractivity contribution is -0.384. The second kappa shape index (κ2) is 10.5. The molecule has 2 rings (SSSR count). The molecule has 152 valence electrons. The van der Waals surface area contributed by atoms with Crippen LogP contribution in [0.4, 0.5) is 11.4 Å². The van der Waals surface area contributed by atoms with Gasteiger partial charge in [0.1, 0.15) is 0 Å². The molecule has 0 aromatic heterocycles. The molecule has 0 heterocycles. The predicted molar refractivity (Wildman–Crippen MR) is 106 cm³/mol. The number of allylic oxidation sites excluding steroid dienone is 1. The Balaban J connectivity index is 1.80. The lowest BCUT2D eigenvalue weighted by atomic mass is 10.2. The minimum Gasteiger partial charge on any atom is -0.493 e. The third-order valence-electron chi connectivity index (χ3n) is 3.62. The van der Waals surface area contributed by atoms with E-state index in [2.05, 4.69) is 5.32 Å². The van der Waals surface area contributed by atoms with Crippen LogP contribution in [-0.4, -0.2) is 37.1 Å². The number of rotatable bonds is 9. The zero-order chi connectivity index (χ0) is 21.2. The molecule has 0 saturated heterocycles. The summed E-state index contributed by atoms with van der Waals surface area (Å²) in [6.07, 6.45) is 3.78. The molecule has 0 bridgehead atoms. The van der Waals surface area contributed by atoms with Gasteiger partial charge in [0.05, 0.1) is 12.0 Å². The predicted octanol–water partition coefficient (Wildman–Crippen LogP) is 3.20. The highest BCUT2D eigenvalue weighted by Gasteiger charge is 2.12. The van der Waals surface area contributed by atoms with Crippen molar-refractivity contribution in [1.29, 1.82) is 0 Å². The third-order valence-corrected chi connectivity index (χ3v) is 3.62. The number of benzene rings is 2. The van der Waals surface area contributed by atoms with Crippen LogP contribution in [0.3, 0.4) is 0 Å². The fraction of sp³-hybridized carbons (Fsp3) is 0.200. The van der Waals surface area contributed by atoms with Crippen LogP contribution in [0.1, 0.15) is 12.5 Å². The van der Waals surface area contributed by atoms with Crippen molar-refractivity contribution >= 4 is 29.3 Å². The van der Waals surface area contributed by atoms with Gasteiger partial charge in [-0.25, -0.2) is 4.79 Å². The van der Waals surface area contributed by atoms with E-state index in [1.807, 2.05) is 19.1 Å². The lowest BCUT2D eigenvalue weighted by Gasteiger charge is -2.11. The highest BCUT2D eigenvalue weighted by Crippen LogP contribution is 2.28. The van der Waals surface area contributed by atoms with Crippen LogP contribution < -0.4 is 14.8 Å². The number of esters is 1. The topological polar surface area (TPSA) is 117 Å². The highest BCUT2D eigenvalue weighted by molar-refractivity contribution is 5.92. The number of amides is 1. The van der Waals surface area contributed by atoms with Crippen LogP contribution >= 0.6 is 0 Å². The van der Waals surface area contributed by atoms with E-state index < -0.39 is 30.0 Å². The van der Waals surface area contributed by atoms with E-state index >= 15 is 0 Å². The molecule has 2 aromatic carbocycles. The Labute approximate surface area is 167 Å². The van der Waals surface area contributed by atoms with Crippen molar-refractivity contribution in [2.75, 3.05) is 25.6 Å². The van der Waals surface area contributed by atoms with Crippen LogP contribution in [-0.2, 0) is 14.3 Å². The Bertz CT molecular complexity index is 908. The van der Waals surface area contributed by atoms with E-state index in [0.717, 1.165) is 5.56 Å². The van der Waals surface area contributed by atoms with Crippen LogP contribution in [0, 0.1) is 10.1 Å². The van der Waals surface area contributed by atoms with Crippen molar-refractivity contribution < 1.29 is 28.7 Å². The fourth-order valence-corrected chi connectivity index (χ4v) is 2.29. The molecule has 9 nitrogen and oxygen atoms in total. The van der Waals surface area contributed by atoms with Gasteiger partial charge in [-0.1, -0.05) is 18.2 Å². The van der Waals surface area contributed by atoms with E-state index in [0.29, 0.717) is 17.2 Å². The minimum atomic E-state index is -0.733. The molecule has 0 unspecified atom stereocenters. The summed E-state index contributed by atoms with van der Waals surface area (Å²) in [7, 11) is 1.49. The van der Waals surface area contributed by atoms with Gasteiger partial charge >= 0.3 is 5.97 Å². The zero-order valence-electron chi connectivity index (χ0n) is 15.9. The average Bonchev–Trinajstić information content (AvgIpc) is 2.71. The molecule has 0 radical (unpaired) electrons. The molecule has 9 heteroatoms. The smallest absolute Gasteiger partial charge is 0.344 e. The number of nitrogens with zero attached hydrogens (tertiary/aromatic N) is 1. The Morgan fingerprint density at radius 2 is 1.83 bits per heavy atom. The lowest BCUT2D eigenvalue weighted by Crippen LogP contribution is -2.23. The largest absolute Gasteiger partial charge is 0.493 e. The summed E-state index contributed by atoms with van der Waals surface area (Å²) in [5.41, 5.74) is 1.17. The van der Waals surface area contributed by atoms with Gasteiger partial charge in [0.15, 0.2) is 24.7 Å². The van der Waals surface area contributed by atoms with Crippen LogP contribution in [0.15, 0.2) is 48.5 Å². The molecule has 0 saturated carbocycles. The van der Waals surface area contributed by atoms with E-state index in [9.17, 15) is 19.7 Å². The summed E-state index contributed by atoms with van der Waals surface area (Å²) in [4.78, 5) is 33.7. The van der Waals surface area contributed by atoms with Gasteiger partial charge in [-0.15, -0.1) is 0 Å². The van der Waals surface area contributed by atoms with Crippen molar-refractivity contribution in [1.82, 2.24) is 0 Å². The molecular formula is C20H20N2O7.